The quantitative estimate of drug-likeness (QED) is 0.317. The summed E-state index contributed by atoms with van der Waals surface area (Å²) in [6, 6.07) is 11.0. The molecule has 1 aromatic carbocycles. The average molecular weight is 423 g/mol. The molecule has 0 bridgehead atoms. The van der Waals surface area contributed by atoms with Crippen molar-refractivity contribution in [2.75, 3.05) is 13.6 Å². The van der Waals surface area contributed by atoms with Crippen LogP contribution in [0.15, 0.2) is 36.4 Å². The topological polar surface area (TPSA) is 101 Å². The van der Waals surface area contributed by atoms with Crippen LogP contribution in [0.5, 0.6) is 0 Å². The van der Waals surface area contributed by atoms with Gasteiger partial charge in [0.25, 0.3) is 0 Å². The molecule has 1 heterocycles. The van der Waals surface area contributed by atoms with Crippen LogP contribution in [0.25, 0.3) is 10.9 Å². The summed E-state index contributed by atoms with van der Waals surface area (Å²) in [5, 5.41) is 0.935. The number of aromatic nitrogens is 1. The van der Waals surface area contributed by atoms with Crippen LogP contribution in [0, 0.1) is 11.8 Å². The highest BCUT2D eigenvalue weighted by atomic mass is 31.2. The molecular weight excluding hydrogens is 397 g/mol. The molecule has 0 aliphatic carbocycles. The minimum atomic E-state index is -3.81. The molecule has 0 saturated heterocycles. The summed E-state index contributed by atoms with van der Waals surface area (Å²) >= 11 is 0. The van der Waals surface area contributed by atoms with Crippen molar-refractivity contribution in [3.8, 4) is 0 Å². The van der Waals surface area contributed by atoms with E-state index in [4.69, 9.17) is 18.5 Å². The van der Waals surface area contributed by atoms with Gasteiger partial charge in [0, 0.05) is 5.39 Å². The number of benzene rings is 1. The van der Waals surface area contributed by atoms with Gasteiger partial charge >= 0.3 is 19.5 Å². The van der Waals surface area contributed by atoms with Gasteiger partial charge < -0.3 is 9.47 Å². The van der Waals surface area contributed by atoms with Crippen molar-refractivity contribution >= 4 is 30.4 Å². The van der Waals surface area contributed by atoms with Gasteiger partial charge in [-0.05, 0) is 12.1 Å². The van der Waals surface area contributed by atoms with E-state index in [0.29, 0.717) is 5.69 Å². The smallest absolute Gasteiger partial charge is 0.342 e. The molecule has 0 amide bonds. The van der Waals surface area contributed by atoms with E-state index >= 15 is 0 Å². The second kappa shape index (κ2) is 10.5. The second-order valence-corrected chi connectivity index (χ2v) is 9.05. The van der Waals surface area contributed by atoms with Gasteiger partial charge in [-0.3, -0.25) is 28.2 Å². The van der Waals surface area contributed by atoms with E-state index in [2.05, 4.69) is 4.98 Å². The molecule has 0 unspecified atom stereocenters. The van der Waals surface area contributed by atoms with E-state index in [1.165, 1.54) is 0 Å². The molecule has 0 aliphatic heterocycles. The maximum Gasteiger partial charge on any atom is 0.342 e. The third kappa shape index (κ3) is 7.24. The number of esters is 2. The highest BCUT2D eigenvalue weighted by Gasteiger charge is 2.28. The van der Waals surface area contributed by atoms with Crippen LogP contribution in [-0.2, 0) is 38.8 Å². The first-order valence-electron chi connectivity index (χ1n) is 9.26. The van der Waals surface area contributed by atoms with Crippen molar-refractivity contribution in [3.05, 3.63) is 42.1 Å². The predicted molar refractivity (Wildman–Crippen MR) is 107 cm³/mol. The summed E-state index contributed by atoms with van der Waals surface area (Å²) in [5.41, 5.74) is 1.20. The Morgan fingerprint density at radius 2 is 1.45 bits per heavy atom. The Labute approximate surface area is 170 Å². The molecule has 0 aliphatic rings. The largest absolute Gasteiger partial charge is 0.438 e. The molecular formula is C20H26NO7P. The molecule has 8 nitrogen and oxygen atoms in total. The molecule has 0 saturated carbocycles. The van der Waals surface area contributed by atoms with Crippen LogP contribution in [0.3, 0.4) is 0 Å². The summed E-state index contributed by atoms with van der Waals surface area (Å²) in [5.74, 6) is -1.70. The number of para-hydroxylation sites is 1. The Balaban J connectivity index is 2.09. The predicted octanol–water partition coefficient (Wildman–Crippen LogP) is 4.27. The second-order valence-electron chi connectivity index (χ2n) is 6.99. The summed E-state index contributed by atoms with van der Waals surface area (Å²) in [7, 11) is -3.81. The summed E-state index contributed by atoms with van der Waals surface area (Å²) in [4.78, 5) is 27.6. The standard InChI is InChI=1S/C20H26NO7P/c1-14(2)19(22)25-12-27-29(24,28-13-26-20(23)15(3)4)11-17-10-9-16-7-5-6-8-18(16)21-17/h5-10,14-15H,11-13H2,1-4H3. The van der Waals surface area contributed by atoms with E-state index in [0.717, 1.165) is 10.9 Å². The molecule has 0 radical (unpaired) electrons. The van der Waals surface area contributed by atoms with E-state index in [1.54, 1.807) is 33.8 Å². The molecule has 0 atom stereocenters. The van der Waals surface area contributed by atoms with Crippen molar-refractivity contribution in [2.45, 2.75) is 33.9 Å². The van der Waals surface area contributed by atoms with Gasteiger partial charge in [-0.25, -0.2) is 0 Å². The van der Waals surface area contributed by atoms with Crippen molar-refractivity contribution in [1.82, 2.24) is 4.98 Å². The Morgan fingerprint density at radius 3 is 2.00 bits per heavy atom. The number of carbonyl (C=O) groups excluding carboxylic acids is 2. The highest BCUT2D eigenvalue weighted by molar-refractivity contribution is 7.53. The Kier molecular flexibility index (Phi) is 8.32. The number of hydrogen-bond donors (Lipinski definition) is 0. The lowest BCUT2D eigenvalue weighted by molar-refractivity contribution is -0.156. The lowest BCUT2D eigenvalue weighted by atomic mass is 10.2. The van der Waals surface area contributed by atoms with Crippen LogP contribution in [0.1, 0.15) is 33.4 Å². The van der Waals surface area contributed by atoms with Crippen LogP contribution in [-0.4, -0.2) is 30.5 Å². The molecule has 0 N–H and O–H groups in total. The number of pyridine rings is 1. The molecule has 0 spiro atoms. The lowest BCUT2D eigenvalue weighted by Crippen LogP contribution is -2.16. The first-order valence-corrected chi connectivity index (χ1v) is 11.0. The van der Waals surface area contributed by atoms with E-state index in [9.17, 15) is 14.2 Å². The molecule has 1 aromatic heterocycles. The van der Waals surface area contributed by atoms with Crippen LogP contribution in [0.4, 0.5) is 0 Å². The lowest BCUT2D eigenvalue weighted by Gasteiger charge is -2.19. The first-order chi connectivity index (χ1) is 13.7. The highest BCUT2D eigenvalue weighted by Crippen LogP contribution is 2.51. The summed E-state index contributed by atoms with van der Waals surface area (Å²) in [6.45, 7) is 5.59. The molecule has 0 fully saturated rings. The normalized spacial score (nSPS) is 11.8. The van der Waals surface area contributed by atoms with Gasteiger partial charge in [0.15, 0.2) is 0 Å². The Morgan fingerprint density at radius 1 is 0.897 bits per heavy atom. The molecule has 29 heavy (non-hydrogen) atoms. The Hall–Kier alpha value is -2.28. The fourth-order valence-electron chi connectivity index (χ4n) is 2.19. The molecule has 158 valence electrons. The van der Waals surface area contributed by atoms with E-state index < -0.39 is 33.1 Å². The summed E-state index contributed by atoms with van der Waals surface area (Å²) < 4.78 is 33.6. The van der Waals surface area contributed by atoms with E-state index in [1.807, 2.05) is 30.3 Å². The zero-order valence-corrected chi connectivity index (χ0v) is 17.9. The van der Waals surface area contributed by atoms with E-state index in [-0.39, 0.29) is 18.0 Å². The third-order valence-electron chi connectivity index (χ3n) is 3.86. The van der Waals surface area contributed by atoms with Crippen molar-refractivity contribution < 1.29 is 32.7 Å². The maximum atomic E-state index is 13.2. The van der Waals surface area contributed by atoms with Gasteiger partial charge in [-0.1, -0.05) is 52.0 Å². The molecule has 9 heteroatoms. The van der Waals surface area contributed by atoms with Crippen molar-refractivity contribution in [1.29, 1.82) is 0 Å². The van der Waals surface area contributed by atoms with Crippen LogP contribution in [0.2, 0.25) is 0 Å². The number of fused-ring (bicyclic) bond motifs is 1. The Bertz CT molecular complexity index is 867. The first kappa shape index (κ1) is 23.0. The monoisotopic (exact) mass is 423 g/mol. The number of rotatable bonds is 10. The SMILES string of the molecule is CC(C)C(=O)OCOP(=O)(Cc1ccc2ccccc2n1)OCOC(=O)C(C)C. The number of nitrogens with zero attached hydrogens (tertiary/aromatic N) is 1. The zero-order chi connectivity index (χ0) is 21.4. The van der Waals surface area contributed by atoms with Gasteiger partial charge in [0.1, 0.15) is 0 Å². The fourth-order valence-corrected chi connectivity index (χ4v) is 3.44. The maximum absolute atomic E-state index is 13.2. The van der Waals surface area contributed by atoms with Crippen LogP contribution >= 0.6 is 7.60 Å². The van der Waals surface area contributed by atoms with Crippen LogP contribution < -0.4 is 0 Å². The number of hydrogen-bond acceptors (Lipinski definition) is 8. The van der Waals surface area contributed by atoms with Gasteiger partial charge in [0.05, 0.1) is 29.2 Å². The molecule has 2 rings (SSSR count). The van der Waals surface area contributed by atoms with Crippen molar-refractivity contribution in [3.63, 3.8) is 0 Å². The van der Waals surface area contributed by atoms with Gasteiger partial charge in [-0.2, -0.15) is 0 Å². The zero-order valence-electron chi connectivity index (χ0n) is 17.0. The average Bonchev–Trinajstić information content (AvgIpc) is 2.67. The minimum absolute atomic E-state index is 0.170. The molecule has 2 aromatic rings. The number of carbonyl (C=O) groups is 2. The third-order valence-corrected chi connectivity index (χ3v) is 5.56. The van der Waals surface area contributed by atoms with Gasteiger partial charge in [-0.15, -0.1) is 0 Å². The van der Waals surface area contributed by atoms with Gasteiger partial charge in [0.2, 0.25) is 13.6 Å². The minimum Gasteiger partial charge on any atom is -0.438 e. The number of ether oxygens (including phenoxy) is 2. The summed E-state index contributed by atoms with van der Waals surface area (Å²) in [6.07, 6.45) is -0.170. The fraction of sp³-hybridized carbons (Fsp3) is 0.450. The van der Waals surface area contributed by atoms with Crippen molar-refractivity contribution in [2.24, 2.45) is 11.8 Å².